The Morgan fingerprint density at radius 1 is 1.38 bits per heavy atom. The number of methoxy groups -OCH3 is 1. The molecule has 0 radical (unpaired) electrons. The molecule has 0 saturated carbocycles. The second kappa shape index (κ2) is 4.09. The zero-order chi connectivity index (χ0) is 11.5. The van der Waals surface area contributed by atoms with E-state index in [2.05, 4.69) is 0 Å². The maximum absolute atomic E-state index is 10.9. The van der Waals surface area contributed by atoms with E-state index >= 15 is 0 Å². The number of hydrogen-bond acceptors (Lipinski definition) is 5. The third-order valence-corrected chi connectivity index (χ3v) is 2.15. The molecule has 1 aromatic rings. The molecule has 6 nitrogen and oxygen atoms in total. The molecule has 6 heteroatoms. The summed E-state index contributed by atoms with van der Waals surface area (Å²) in [4.78, 5) is 10.4. The Balaban J connectivity index is 2.39. The molecule has 0 fully saturated rings. The molecule has 0 aliphatic carbocycles. The summed E-state index contributed by atoms with van der Waals surface area (Å²) in [5, 5.41) is 10.9. The van der Waals surface area contributed by atoms with E-state index in [1.165, 1.54) is 25.7 Å². The molecule has 0 spiro atoms. The van der Waals surface area contributed by atoms with Gasteiger partial charge < -0.3 is 14.2 Å². The number of rotatable bonds is 3. The van der Waals surface area contributed by atoms with E-state index in [9.17, 15) is 10.1 Å². The van der Waals surface area contributed by atoms with Crippen molar-refractivity contribution in [3.63, 3.8) is 0 Å². The van der Waals surface area contributed by atoms with Crippen LogP contribution in [0.5, 0.6) is 5.75 Å². The molecule has 0 aromatic heterocycles. The van der Waals surface area contributed by atoms with Crippen molar-refractivity contribution in [2.24, 2.45) is 0 Å². The van der Waals surface area contributed by atoms with Crippen molar-refractivity contribution in [1.29, 1.82) is 0 Å². The fraction of sp³-hybridized carbons (Fsp3) is 0.200. The van der Waals surface area contributed by atoms with Gasteiger partial charge in [-0.2, -0.15) is 0 Å². The van der Waals surface area contributed by atoms with E-state index in [1.54, 1.807) is 12.1 Å². The summed E-state index contributed by atoms with van der Waals surface area (Å²) in [7, 11) is 1.45. The molecule has 16 heavy (non-hydrogen) atoms. The van der Waals surface area contributed by atoms with Crippen molar-refractivity contribution in [3.8, 4) is 5.75 Å². The van der Waals surface area contributed by atoms with Crippen molar-refractivity contribution in [3.05, 3.63) is 46.4 Å². The highest BCUT2D eigenvalue weighted by atomic mass is 16.7. The van der Waals surface area contributed by atoms with Crippen molar-refractivity contribution >= 4 is 5.69 Å². The van der Waals surface area contributed by atoms with Gasteiger partial charge in [-0.15, -0.1) is 0 Å². The fourth-order valence-corrected chi connectivity index (χ4v) is 1.39. The Morgan fingerprint density at radius 2 is 2.06 bits per heavy atom. The predicted molar refractivity (Wildman–Crippen MR) is 53.7 cm³/mol. The third kappa shape index (κ3) is 1.77. The van der Waals surface area contributed by atoms with Gasteiger partial charge in [-0.3, -0.25) is 10.1 Å². The van der Waals surface area contributed by atoms with Crippen LogP contribution in [0.4, 0.5) is 5.69 Å². The SMILES string of the molecule is COc1ccc(C2OC=CO2)c([N+](=O)[O-])c1. The minimum atomic E-state index is -0.758. The molecule has 1 aliphatic rings. The van der Waals surface area contributed by atoms with Crippen molar-refractivity contribution in [2.75, 3.05) is 7.11 Å². The summed E-state index contributed by atoms with van der Waals surface area (Å²) in [6.07, 6.45) is 1.93. The van der Waals surface area contributed by atoms with Crippen LogP contribution in [-0.4, -0.2) is 12.0 Å². The van der Waals surface area contributed by atoms with Gasteiger partial charge in [0.25, 0.3) is 12.0 Å². The molecular formula is C10H9NO5. The third-order valence-electron chi connectivity index (χ3n) is 2.15. The average molecular weight is 223 g/mol. The zero-order valence-corrected chi connectivity index (χ0v) is 8.45. The molecule has 0 amide bonds. The second-order valence-corrected chi connectivity index (χ2v) is 3.06. The summed E-state index contributed by atoms with van der Waals surface area (Å²) < 4.78 is 15.0. The number of nitrogens with zero attached hydrogens (tertiary/aromatic N) is 1. The van der Waals surface area contributed by atoms with Crippen LogP contribution in [0.15, 0.2) is 30.7 Å². The van der Waals surface area contributed by atoms with E-state index < -0.39 is 11.2 Å². The lowest BCUT2D eigenvalue weighted by molar-refractivity contribution is -0.386. The Bertz CT molecular complexity index is 435. The van der Waals surface area contributed by atoms with Gasteiger partial charge in [0.1, 0.15) is 23.8 Å². The molecule has 84 valence electrons. The highest BCUT2D eigenvalue weighted by Crippen LogP contribution is 2.33. The van der Waals surface area contributed by atoms with E-state index in [0.29, 0.717) is 11.3 Å². The van der Waals surface area contributed by atoms with Crippen molar-refractivity contribution in [2.45, 2.75) is 6.29 Å². The normalized spacial score (nSPS) is 14.3. The first kappa shape index (κ1) is 10.3. The lowest BCUT2D eigenvalue weighted by Crippen LogP contribution is -2.03. The van der Waals surface area contributed by atoms with Gasteiger partial charge in [-0.1, -0.05) is 0 Å². The van der Waals surface area contributed by atoms with Crippen LogP contribution in [0, 0.1) is 10.1 Å². The van der Waals surface area contributed by atoms with E-state index in [4.69, 9.17) is 14.2 Å². The van der Waals surface area contributed by atoms with Crippen LogP contribution in [-0.2, 0) is 9.47 Å². The molecule has 0 saturated heterocycles. The molecule has 0 atom stereocenters. The number of hydrogen-bond donors (Lipinski definition) is 0. The summed E-state index contributed by atoms with van der Waals surface area (Å²) in [6, 6.07) is 4.50. The smallest absolute Gasteiger partial charge is 0.283 e. The van der Waals surface area contributed by atoms with E-state index in [0.717, 1.165) is 0 Å². The number of nitro benzene ring substituents is 1. The topological polar surface area (TPSA) is 70.8 Å². The Kier molecular flexibility index (Phi) is 2.63. The van der Waals surface area contributed by atoms with Crippen LogP contribution in [0.25, 0.3) is 0 Å². The quantitative estimate of drug-likeness (QED) is 0.579. The van der Waals surface area contributed by atoms with Crippen LogP contribution in [0.2, 0.25) is 0 Å². The van der Waals surface area contributed by atoms with Crippen LogP contribution in [0.3, 0.4) is 0 Å². The molecular weight excluding hydrogens is 214 g/mol. The Morgan fingerprint density at radius 3 is 2.62 bits per heavy atom. The predicted octanol–water partition coefficient (Wildman–Crippen LogP) is 2.12. The second-order valence-electron chi connectivity index (χ2n) is 3.06. The Hall–Kier alpha value is -2.24. The maximum Gasteiger partial charge on any atom is 0.283 e. The largest absolute Gasteiger partial charge is 0.497 e. The summed E-state index contributed by atoms with van der Waals surface area (Å²) in [6.45, 7) is 0. The molecule has 1 aromatic carbocycles. The number of nitro groups is 1. The summed E-state index contributed by atoms with van der Waals surface area (Å²) in [5.41, 5.74) is 0.267. The monoisotopic (exact) mass is 223 g/mol. The molecule has 1 heterocycles. The van der Waals surface area contributed by atoms with Gasteiger partial charge in [-0.25, -0.2) is 0 Å². The van der Waals surface area contributed by atoms with Gasteiger partial charge >= 0.3 is 0 Å². The first-order valence-electron chi connectivity index (χ1n) is 4.50. The van der Waals surface area contributed by atoms with Crippen LogP contribution >= 0.6 is 0 Å². The first-order chi connectivity index (χ1) is 7.72. The Labute approximate surface area is 91.2 Å². The molecule has 0 N–H and O–H groups in total. The number of benzene rings is 1. The standard InChI is InChI=1S/C10H9NO5/c1-14-7-2-3-8(9(6-7)11(12)13)10-15-4-5-16-10/h2-6,10H,1H3. The number of ether oxygens (including phenoxy) is 3. The highest BCUT2D eigenvalue weighted by Gasteiger charge is 2.26. The molecule has 1 aliphatic heterocycles. The van der Waals surface area contributed by atoms with Crippen LogP contribution in [0.1, 0.15) is 11.9 Å². The zero-order valence-electron chi connectivity index (χ0n) is 8.45. The summed E-state index contributed by atoms with van der Waals surface area (Å²) in [5.74, 6) is 0.418. The van der Waals surface area contributed by atoms with Crippen molar-refractivity contribution < 1.29 is 19.1 Å². The van der Waals surface area contributed by atoms with Crippen LogP contribution < -0.4 is 4.74 Å². The molecule has 0 unspecified atom stereocenters. The van der Waals surface area contributed by atoms with Gasteiger partial charge in [0, 0.05) is 0 Å². The lowest BCUT2D eigenvalue weighted by Gasteiger charge is -2.11. The van der Waals surface area contributed by atoms with E-state index in [1.807, 2.05) is 0 Å². The summed E-state index contributed by atoms with van der Waals surface area (Å²) >= 11 is 0. The molecule has 2 rings (SSSR count). The minimum absolute atomic E-state index is 0.0898. The fourth-order valence-electron chi connectivity index (χ4n) is 1.39. The van der Waals surface area contributed by atoms with Gasteiger partial charge in [0.05, 0.1) is 18.1 Å². The highest BCUT2D eigenvalue weighted by molar-refractivity contribution is 5.47. The first-order valence-corrected chi connectivity index (χ1v) is 4.50. The lowest BCUT2D eigenvalue weighted by atomic mass is 10.1. The van der Waals surface area contributed by atoms with E-state index in [-0.39, 0.29) is 5.69 Å². The van der Waals surface area contributed by atoms with Gasteiger partial charge in [0.2, 0.25) is 0 Å². The van der Waals surface area contributed by atoms with Crippen molar-refractivity contribution in [1.82, 2.24) is 0 Å². The molecule has 0 bridgehead atoms. The van der Waals surface area contributed by atoms with Gasteiger partial charge in [0.15, 0.2) is 0 Å². The minimum Gasteiger partial charge on any atom is -0.497 e. The van der Waals surface area contributed by atoms with Gasteiger partial charge in [-0.05, 0) is 12.1 Å². The average Bonchev–Trinajstić information content (AvgIpc) is 2.81. The maximum atomic E-state index is 10.9.